The standard InChI is InChI=1S/C8H10N2O2/c1-10-3-2-9-7(10)5-4-6(5)8(11)12/h2-3,5-6H,4H2,1H3,(H,11,12). The smallest absolute Gasteiger partial charge is 0.307 e. The maximum absolute atomic E-state index is 10.5. The van der Waals surface area contributed by atoms with E-state index in [0.717, 1.165) is 12.2 Å². The van der Waals surface area contributed by atoms with Gasteiger partial charge in [-0.1, -0.05) is 0 Å². The van der Waals surface area contributed by atoms with Crippen LogP contribution in [0, 0.1) is 5.92 Å². The Morgan fingerprint density at radius 1 is 1.83 bits per heavy atom. The van der Waals surface area contributed by atoms with Crippen LogP contribution >= 0.6 is 0 Å². The lowest BCUT2D eigenvalue weighted by molar-refractivity contribution is -0.138. The molecule has 4 nitrogen and oxygen atoms in total. The highest BCUT2D eigenvalue weighted by atomic mass is 16.4. The Balaban J connectivity index is 2.15. The average Bonchev–Trinajstić information content (AvgIpc) is 2.70. The molecule has 0 spiro atoms. The van der Waals surface area contributed by atoms with Gasteiger partial charge in [-0.05, 0) is 6.42 Å². The van der Waals surface area contributed by atoms with Crippen molar-refractivity contribution in [1.29, 1.82) is 0 Å². The normalized spacial score (nSPS) is 27.1. The summed E-state index contributed by atoms with van der Waals surface area (Å²) in [6.07, 6.45) is 4.28. The van der Waals surface area contributed by atoms with E-state index in [2.05, 4.69) is 4.98 Å². The molecule has 4 heteroatoms. The lowest BCUT2D eigenvalue weighted by atomic mass is 10.3. The van der Waals surface area contributed by atoms with Crippen LogP contribution in [0.25, 0.3) is 0 Å². The summed E-state index contributed by atoms with van der Waals surface area (Å²) < 4.78 is 1.88. The SMILES string of the molecule is Cn1ccnc1C1CC1C(=O)O. The van der Waals surface area contributed by atoms with Gasteiger partial charge in [0.1, 0.15) is 5.82 Å². The fourth-order valence-corrected chi connectivity index (χ4v) is 1.49. The molecule has 1 N–H and O–H groups in total. The molecule has 0 aromatic carbocycles. The lowest BCUT2D eigenvalue weighted by Gasteiger charge is -1.97. The zero-order valence-corrected chi connectivity index (χ0v) is 6.77. The zero-order valence-electron chi connectivity index (χ0n) is 6.77. The molecule has 1 aliphatic carbocycles. The van der Waals surface area contributed by atoms with Gasteiger partial charge in [0.05, 0.1) is 5.92 Å². The molecule has 0 aliphatic heterocycles. The second-order valence-corrected chi connectivity index (χ2v) is 3.18. The first kappa shape index (κ1) is 7.34. The molecule has 0 radical (unpaired) electrons. The fourth-order valence-electron chi connectivity index (χ4n) is 1.49. The Morgan fingerprint density at radius 2 is 2.58 bits per heavy atom. The van der Waals surface area contributed by atoms with Gasteiger partial charge >= 0.3 is 5.97 Å². The predicted molar refractivity (Wildman–Crippen MR) is 41.7 cm³/mol. The average molecular weight is 166 g/mol. The number of aromatic nitrogens is 2. The Hall–Kier alpha value is -1.32. The van der Waals surface area contributed by atoms with Crippen molar-refractivity contribution in [2.75, 3.05) is 0 Å². The minimum atomic E-state index is -0.706. The predicted octanol–water partition coefficient (Wildman–Crippen LogP) is 0.608. The summed E-state index contributed by atoms with van der Waals surface area (Å²) in [5, 5.41) is 8.68. The van der Waals surface area contributed by atoms with E-state index in [-0.39, 0.29) is 11.8 Å². The van der Waals surface area contributed by atoms with Gasteiger partial charge in [-0.2, -0.15) is 0 Å². The summed E-state index contributed by atoms with van der Waals surface area (Å²) in [6, 6.07) is 0. The zero-order chi connectivity index (χ0) is 8.72. The minimum Gasteiger partial charge on any atom is -0.481 e. The number of aryl methyl sites for hydroxylation is 1. The summed E-state index contributed by atoms with van der Waals surface area (Å²) in [5.74, 6) is 0.124. The van der Waals surface area contributed by atoms with Crippen LogP contribution in [0.15, 0.2) is 12.4 Å². The summed E-state index contributed by atoms with van der Waals surface area (Å²) >= 11 is 0. The number of hydrogen-bond donors (Lipinski definition) is 1. The number of aliphatic carboxylic acids is 1. The molecule has 12 heavy (non-hydrogen) atoms. The second-order valence-electron chi connectivity index (χ2n) is 3.18. The molecule has 0 bridgehead atoms. The van der Waals surface area contributed by atoms with E-state index < -0.39 is 5.97 Å². The van der Waals surface area contributed by atoms with E-state index >= 15 is 0 Å². The molecule has 2 unspecified atom stereocenters. The van der Waals surface area contributed by atoms with E-state index in [1.165, 1.54) is 0 Å². The van der Waals surface area contributed by atoms with Crippen LogP contribution in [0.4, 0.5) is 0 Å². The molecule has 0 amide bonds. The van der Waals surface area contributed by atoms with Gasteiger partial charge in [-0.15, -0.1) is 0 Å². The van der Waals surface area contributed by atoms with Crippen molar-refractivity contribution in [3.05, 3.63) is 18.2 Å². The third-order valence-corrected chi connectivity index (χ3v) is 2.30. The Labute approximate surface area is 69.8 Å². The molecule has 2 atom stereocenters. The molecule has 64 valence electrons. The highest BCUT2D eigenvalue weighted by Gasteiger charge is 2.46. The lowest BCUT2D eigenvalue weighted by Crippen LogP contribution is -2.02. The van der Waals surface area contributed by atoms with E-state index in [1.807, 2.05) is 17.8 Å². The number of carboxylic acids is 1. The van der Waals surface area contributed by atoms with Gasteiger partial charge in [-0.3, -0.25) is 4.79 Å². The van der Waals surface area contributed by atoms with Crippen molar-refractivity contribution in [2.45, 2.75) is 12.3 Å². The summed E-state index contributed by atoms with van der Waals surface area (Å²) in [4.78, 5) is 14.7. The van der Waals surface area contributed by atoms with E-state index in [4.69, 9.17) is 5.11 Å². The first-order valence-corrected chi connectivity index (χ1v) is 3.90. The topological polar surface area (TPSA) is 55.1 Å². The van der Waals surface area contributed by atoms with Gasteiger partial charge in [0.15, 0.2) is 0 Å². The summed E-state index contributed by atoms with van der Waals surface area (Å²) in [7, 11) is 1.89. The van der Waals surface area contributed by atoms with Crippen LogP contribution in [0.3, 0.4) is 0 Å². The number of nitrogens with zero attached hydrogens (tertiary/aromatic N) is 2. The molecule has 1 aromatic heterocycles. The molecule has 0 saturated heterocycles. The highest BCUT2D eigenvalue weighted by molar-refractivity contribution is 5.74. The number of carboxylic acid groups (broad SMARTS) is 1. The van der Waals surface area contributed by atoms with Crippen molar-refractivity contribution in [3.63, 3.8) is 0 Å². The van der Waals surface area contributed by atoms with Crippen LogP contribution in [0.2, 0.25) is 0 Å². The molecule has 1 aromatic rings. The van der Waals surface area contributed by atoms with Crippen molar-refractivity contribution < 1.29 is 9.90 Å². The van der Waals surface area contributed by atoms with Gasteiger partial charge < -0.3 is 9.67 Å². The fraction of sp³-hybridized carbons (Fsp3) is 0.500. The number of imidazole rings is 1. The number of carbonyl (C=O) groups is 1. The number of rotatable bonds is 2. The maximum Gasteiger partial charge on any atom is 0.307 e. The molecule has 1 heterocycles. The maximum atomic E-state index is 10.5. The van der Waals surface area contributed by atoms with Crippen LogP contribution in [0.5, 0.6) is 0 Å². The Kier molecular flexibility index (Phi) is 1.43. The summed E-state index contributed by atoms with van der Waals surface area (Å²) in [6.45, 7) is 0. The Morgan fingerprint density at radius 3 is 3.00 bits per heavy atom. The third kappa shape index (κ3) is 0.995. The number of hydrogen-bond acceptors (Lipinski definition) is 2. The van der Waals surface area contributed by atoms with E-state index in [9.17, 15) is 4.79 Å². The largest absolute Gasteiger partial charge is 0.481 e. The molecule has 1 fully saturated rings. The third-order valence-electron chi connectivity index (χ3n) is 2.30. The van der Waals surface area contributed by atoms with Crippen molar-refractivity contribution in [2.24, 2.45) is 13.0 Å². The summed E-state index contributed by atoms with van der Waals surface area (Å²) in [5.41, 5.74) is 0. The molecular formula is C8H10N2O2. The van der Waals surface area contributed by atoms with Crippen molar-refractivity contribution in [1.82, 2.24) is 9.55 Å². The second kappa shape index (κ2) is 2.33. The van der Waals surface area contributed by atoms with Crippen LogP contribution in [0.1, 0.15) is 18.2 Å². The molecule has 2 rings (SSSR count). The molecule has 1 saturated carbocycles. The van der Waals surface area contributed by atoms with Gasteiger partial charge in [-0.25, -0.2) is 4.98 Å². The quantitative estimate of drug-likeness (QED) is 0.700. The monoisotopic (exact) mass is 166 g/mol. The van der Waals surface area contributed by atoms with Gasteiger partial charge in [0, 0.05) is 25.4 Å². The van der Waals surface area contributed by atoms with Gasteiger partial charge in [0.2, 0.25) is 0 Å². The first-order valence-electron chi connectivity index (χ1n) is 3.90. The van der Waals surface area contributed by atoms with Gasteiger partial charge in [0.25, 0.3) is 0 Å². The first-order chi connectivity index (χ1) is 5.70. The molecule has 1 aliphatic rings. The van der Waals surface area contributed by atoms with Crippen LogP contribution < -0.4 is 0 Å². The van der Waals surface area contributed by atoms with E-state index in [1.54, 1.807) is 6.20 Å². The van der Waals surface area contributed by atoms with Crippen molar-refractivity contribution >= 4 is 5.97 Å². The van der Waals surface area contributed by atoms with Crippen LogP contribution in [-0.4, -0.2) is 20.6 Å². The van der Waals surface area contributed by atoms with Crippen LogP contribution in [-0.2, 0) is 11.8 Å². The van der Waals surface area contributed by atoms with E-state index in [0.29, 0.717) is 0 Å². The molecular weight excluding hydrogens is 156 g/mol. The highest BCUT2D eigenvalue weighted by Crippen LogP contribution is 2.46. The Bertz CT molecular complexity index is 319. The van der Waals surface area contributed by atoms with Crippen molar-refractivity contribution in [3.8, 4) is 0 Å². The minimum absolute atomic E-state index is 0.141.